The Bertz CT molecular complexity index is 593. The van der Waals surface area contributed by atoms with Crippen molar-refractivity contribution in [1.82, 2.24) is 9.55 Å². The van der Waals surface area contributed by atoms with Gasteiger partial charge < -0.3 is 9.55 Å². The van der Waals surface area contributed by atoms with Crippen LogP contribution in [0.3, 0.4) is 0 Å². The first-order chi connectivity index (χ1) is 8.25. The second kappa shape index (κ2) is 4.46. The van der Waals surface area contributed by atoms with Crippen molar-refractivity contribution in [3.8, 4) is 0 Å². The van der Waals surface area contributed by atoms with Gasteiger partial charge in [-0.1, -0.05) is 30.9 Å². The lowest BCUT2D eigenvalue weighted by atomic mass is 9.95. The van der Waals surface area contributed by atoms with E-state index >= 15 is 0 Å². The van der Waals surface area contributed by atoms with E-state index in [1.54, 1.807) is 0 Å². The van der Waals surface area contributed by atoms with E-state index in [4.69, 9.17) is 23.8 Å². The first kappa shape index (κ1) is 11.3. The molecule has 0 saturated heterocycles. The summed E-state index contributed by atoms with van der Waals surface area (Å²) < 4.78 is 3.11. The molecule has 1 aromatic heterocycles. The molecule has 0 aliphatic heterocycles. The van der Waals surface area contributed by atoms with Gasteiger partial charge in [-0.2, -0.15) is 0 Å². The lowest BCUT2D eigenvalue weighted by Crippen LogP contribution is -2.12. The van der Waals surface area contributed by atoms with Crippen LogP contribution >= 0.6 is 23.8 Å². The smallest absolute Gasteiger partial charge is 0.178 e. The van der Waals surface area contributed by atoms with Crippen molar-refractivity contribution < 1.29 is 0 Å². The second-order valence-electron chi connectivity index (χ2n) is 4.75. The zero-order chi connectivity index (χ0) is 11.8. The summed E-state index contributed by atoms with van der Waals surface area (Å²) in [5.74, 6) is 0. The molecular formula is C13H15ClN2S. The lowest BCUT2D eigenvalue weighted by molar-refractivity contribution is 0.357. The minimum atomic E-state index is 0.561. The number of hydrogen-bond acceptors (Lipinski definition) is 1. The third-order valence-electron chi connectivity index (χ3n) is 3.62. The van der Waals surface area contributed by atoms with Crippen molar-refractivity contribution >= 4 is 34.9 Å². The molecule has 1 aliphatic carbocycles. The van der Waals surface area contributed by atoms with Gasteiger partial charge in [-0.15, -0.1) is 0 Å². The predicted octanol–water partition coefficient (Wildman–Crippen LogP) is 4.86. The summed E-state index contributed by atoms with van der Waals surface area (Å²) in [6.07, 6.45) is 6.46. The molecule has 1 N–H and O–H groups in total. The number of imidazole rings is 1. The molecule has 0 amide bonds. The van der Waals surface area contributed by atoms with Crippen LogP contribution in [0.1, 0.15) is 38.1 Å². The van der Waals surface area contributed by atoms with E-state index in [-0.39, 0.29) is 0 Å². The standard InChI is InChI=1S/C13H15ClN2S/c14-9-6-7-12-11(8-9)15-13(17)16(12)10-4-2-1-3-5-10/h6-8,10H,1-5H2,(H,15,17). The highest BCUT2D eigenvalue weighted by Crippen LogP contribution is 2.31. The van der Waals surface area contributed by atoms with Crippen molar-refractivity contribution in [3.05, 3.63) is 28.0 Å². The summed E-state index contributed by atoms with van der Waals surface area (Å²) in [4.78, 5) is 3.26. The van der Waals surface area contributed by atoms with Crippen molar-refractivity contribution in [2.75, 3.05) is 0 Å². The number of H-pyrrole nitrogens is 1. The highest BCUT2D eigenvalue weighted by molar-refractivity contribution is 7.71. The van der Waals surface area contributed by atoms with Gasteiger partial charge in [-0.05, 0) is 43.3 Å². The number of halogens is 1. The molecule has 2 aromatic rings. The largest absolute Gasteiger partial charge is 0.331 e. The molecule has 0 atom stereocenters. The Morgan fingerprint density at radius 3 is 2.76 bits per heavy atom. The number of rotatable bonds is 1. The Labute approximate surface area is 111 Å². The van der Waals surface area contributed by atoms with Gasteiger partial charge in [0.15, 0.2) is 4.77 Å². The first-order valence-corrected chi connectivity index (χ1v) is 6.94. The molecule has 1 saturated carbocycles. The fourth-order valence-electron chi connectivity index (χ4n) is 2.81. The molecule has 2 nitrogen and oxygen atoms in total. The SMILES string of the molecule is S=c1[nH]c2cc(Cl)ccc2n1C1CCCCC1. The summed E-state index contributed by atoms with van der Waals surface area (Å²) >= 11 is 11.4. The Hall–Kier alpha value is -0.800. The Balaban J connectivity index is 2.14. The fraction of sp³-hybridized carbons (Fsp3) is 0.462. The van der Waals surface area contributed by atoms with Crippen LogP contribution in [-0.4, -0.2) is 9.55 Å². The topological polar surface area (TPSA) is 20.7 Å². The van der Waals surface area contributed by atoms with Crippen LogP contribution in [0, 0.1) is 4.77 Å². The predicted molar refractivity (Wildman–Crippen MR) is 74.3 cm³/mol. The van der Waals surface area contributed by atoms with Gasteiger partial charge in [-0.25, -0.2) is 0 Å². The highest BCUT2D eigenvalue weighted by Gasteiger charge is 2.18. The van der Waals surface area contributed by atoms with Crippen LogP contribution in [0.2, 0.25) is 5.02 Å². The number of nitrogens with zero attached hydrogens (tertiary/aromatic N) is 1. The fourth-order valence-corrected chi connectivity index (χ4v) is 3.33. The number of nitrogens with one attached hydrogen (secondary N) is 1. The summed E-state index contributed by atoms with van der Waals surface area (Å²) in [5, 5.41) is 0.754. The van der Waals surface area contributed by atoms with Crippen LogP contribution in [0.25, 0.3) is 11.0 Å². The minimum absolute atomic E-state index is 0.561. The zero-order valence-corrected chi connectivity index (χ0v) is 11.2. The van der Waals surface area contributed by atoms with Gasteiger partial charge in [0.05, 0.1) is 11.0 Å². The molecule has 1 heterocycles. The molecule has 1 aromatic carbocycles. The molecule has 4 heteroatoms. The van der Waals surface area contributed by atoms with E-state index in [9.17, 15) is 0 Å². The Morgan fingerprint density at radius 2 is 2.00 bits per heavy atom. The molecule has 1 aliphatic rings. The molecular weight excluding hydrogens is 252 g/mol. The molecule has 1 fully saturated rings. The van der Waals surface area contributed by atoms with Crippen LogP contribution in [0.5, 0.6) is 0 Å². The maximum Gasteiger partial charge on any atom is 0.178 e. The van der Waals surface area contributed by atoms with E-state index in [0.717, 1.165) is 15.3 Å². The maximum atomic E-state index is 6.00. The average molecular weight is 267 g/mol. The minimum Gasteiger partial charge on any atom is -0.331 e. The molecule has 17 heavy (non-hydrogen) atoms. The number of aromatic amines is 1. The number of hydrogen-bond donors (Lipinski definition) is 1. The van der Waals surface area contributed by atoms with Crippen LogP contribution in [0.15, 0.2) is 18.2 Å². The quantitative estimate of drug-likeness (QED) is 0.731. The van der Waals surface area contributed by atoms with Gasteiger partial charge in [0.25, 0.3) is 0 Å². The number of fused-ring (bicyclic) bond motifs is 1. The van der Waals surface area contributed by atoms with Crippen molar-refractivity contribution in [1.29, 1.82) is 0 Å². The van der Waals surface area contributed by atoms with Gasteiger partial charge >= 0.3 is 0 Å². The molecule has 0 radical (unpaired) electrons. The normalized spacial score (nSPS) is 17.7. The Kier molecular flexibility index (Phi) is 2.97. The molecule has 0 spiro atoms. The van der Waals surface area contributed by atoms with Gasteiger partial charge in [-0.3, -0.25) is 0 Å². The lowest BCUT2D eigenvalue weighted by Gasteiger charge is -2.23. The third kappa shape index (κ3) is 2.02. The molecule has 0 bridgehead atoms. The first-order valence-electron chi connectivity index (χ1n) is 6.15. The van der Waals surface area contributed by atoms with Crippen LogP contribution < -0.4 is 0 Å². The van der Waals surface area contributed by atoms with Gasteiger partial charge in [0.2, 0.25) is 0 Å². The van der Waals surface area contributed by atoms with E-state index in [1.807, 2.05) is 12.1 Å². The van der Waals surface area contributed by atoms with E-state index < -0.39 is 0 Å². The monoisotopic (exact) mass is 266 g/mol. The zero-order valence-electron chi connectivity index (χ0n) is 9.58. The average Bonchev–Trinajstić information content (AvgIpc) is 2.65. The molecule has 0 unspecified atom stereocenters. The summed E-state index contributed by atoms with van der Waals surface area (Å²) in [6.45, 7) is 0. The van der Waals surface area contributed by atoms with Crippen LogP contribution in [-0.2, 0) is 0 Å². The molecule has 3 rings (SSSR count). The summed E-state index contributed by atoms with van der Waals surface area (Å²) in [5.41, 5.74) is 2.24. The summed E-state index contributed by atoms with van der Waals surface area (Å²) in [6, 6.07) is 6.52. The third-order valence-corrected chi connectivity index (χ3v) is 4.15. The van der Waals surface area contributed by atoms with Crippen molar-refractivity contribution in [2.24, 2.45) is 0 Å². The van der Waals surface area contributed by atoms with Gasteiger partial charge in [0.1, 0.15) is 0 Å². The van der Waals surface area contributed by atoms with Crippen molar-refractivity contribution in [2.45, 2.75) is 38.1 Å². The maximum absolute atomic E-state index is 6.00. The number of aromatic nitrogens is 2. The van der Waals surface area contributed by atoms with E-state index in [2.05, 4.69) is 15.6 Å². The van der Waals surface area contributed by atoms with Crippen molar-refractivity contribution in [3.63, 3.8) is 0 Å². The molecule has 90 valence electrons. The van der Waals surface area contributed by atoms with Gasteiger partial charge in [0, 0.05) is 11.1 Å². The Morgan fingerprint density at radius 1 is 1.24 bits per heavy atom. The second-order valence-corrected chi connectivity index (χ2v) is 5.58. The number of benzene rings is 1. The van der Waals surface area contributed by atoms with E-state index in [1.165, 1.54) is 37.6 Å². The highest BCUT2D eigenvalue weighted by atomic mass is 35.5. The summed E-state index contributed by atoms with van der Waals surface area (Å²) in [7, 11) is 0. The van der Waals surface area contributed by atoms with E-state index in [0.29, 0.717) is 6.04 Å². The van der Waals surface area contributed by atoms with Crippen LogP contribution in [0.4, 0.5) is 0 Å².